The predicted molar refractivity (Wildman–Crippen MR) is 118 cm³/mol. The van der Waals surface area contributed by atoms with Gasteiger partial charge in [-0.25, -0.2) is 4.98 Å². The lowest BCUT2D eigenvalue weighted by molar-refractivity contribution is -0.120. The lowest BCUT2D eigenvalue weighted by atomic mass is 9.92. The Balaban J connectivity index is 1.42. The van der Waals surface area contributed by atoms with Crippen molar-refractivity contribution >= 4 is 22.6 Å². The largest absolute Gasteiger partial charge is 0.497 e. The molecule has 1 unspecified atom stereocenters. The van der Waals surface area contributed by atoms with Gasteiger partial charge in [-0.15, -0.1) is 0 Å². The average Bonchev–Trinajstić information content (AvgIpc) is 2.84. The van der Waals surface area contributed by atoms with Gasteiger partial charge in [-0.3, -0.25) is 24.6 Å². The van der Waals surface area contributed by atoms with E-state index in [0.717, 1.165) is 34.3 Å². The van der Waals surface area contributed by atoms with Gasteiger partial charge in [0.2, 0.25) is 5.91 Å². The van der Waals surface area contributed by atoms with Crippen molar-refractivity contribution in [2.24, 2.45) is 0 Å². The van der Waals surface area contributed by atoms with Crippen LogP contribution in [0.1, 0.15) is 24.5 Å². The fourth-order valence-electron chi connectivity index (χ4n) is 4.02. The van der Waals surface area contributed by atoms with Crippen molar-refractivity contribution in [1.82, 2.24) is 19.9 Å². The molecule has 7 nitrogen and oxygen atoms in total. The number of aromatic nitrogens is 4. The van der Waals surface area contributed by atoms with E-state index in [1.54, 1.807) is 36.8 Å². The number of anilines is 1. The molecule has 3 aromatic heterocycles. The highest BCUT2D eigenvalue weighted by Gasteiger charge is 2.31. The molecule has 1 aliphatic heterocycles. The SMILES string of the molecule is COc1cccc(-c2nccnc2N2CCC(c3ccc4ccncc4n3)CC2=O)c1. The lowest BCUT2D eigenvalue weighted by Gasteiger charge is -2.31. The van der Waals surface area contributed by atoms with Crippen LogP contribution in [-0.4, -0.2) is 39.5 Å². The van der Waals surface area contributed by atoms with Gasteiger partial charge in [0.05, 0.1) is 18.8 Å². The first-order valence-corrected chi connectivity index (χ1v) is 10.2. The maximum atomic E-state index is 13.1. The summed E-state index contributed by atoms with van der Waals surface area (Å²) in [5.41, 5.74) is 3.31. The number of carbonyl (C=O) groups is 1. The number of ether oxygens (including phenoxy) is 1. The highest BCUT2D eigenvalue weighted by Crippen LogP contribution is 2.34. The Kier molecular flexibility index (Phi) is 5.00. The van der Waals surface area contributed by atoms with Crippen LogP contribution in [0.25, 0.3) is 22.2 Å². The fraction of sp³-hybridized carbons (Fsp3) is 0.208. The Morgan fingerprint density at radius 3 is 2.84 bits per heavy atom. The molecule has 1 aromatic carbocycles. The van der Waals surface area contributed by atoms with Crippen LogP contribution in [-0.2, 0) is 4.79 Å². The van der Waals surface area contributed by atoms with Crippen molar-refractivity contribution in [3.05, 3.63) is 72.9 Å². The van der Waals surface area contributed by atoms with Crippen LogP contribution in [0.2, 0.25) is 0 Å². The number of methoxy groups -OCH3 is 1. The zero-order chi connectivity index (χ0) is 21.2. The number of amides is 1. The van der Waals surface area contributed by atoms with Crippen molar-refractivity contribution in [2.75, 3.05) is 18.6 Å². The number of nitrogens with zero attached hydrogens (tertiary/aromatic N) is 5. The summed E-state index contributed by atoms with van der Waals surface area (Å²) in [5.74, 6) is 1.41. The average molecular weight is 411 g/mol. The molecule has 0 aliphatic carbocycles. The molecule has 0 spiro atoms. The number of carbonyl (C=O) groups excluding carboxylic acids is 1. The van der Waals surface area contributed by atoms with Crippen molar-refractivity contribution in [3.63, 3.8) is 0 Å². The smallest absolute Gasteiger partial charge is 0.228 e. The molecule has 1 amide bonds. The van der Waals surface area contributed by atoms with Gasteiger partial charge < -0.3 is 4.74 Å². The maximum absolute atomic E-state index is 13.1. The van der Waals surface area contributed by atoms with Crippen LogP contribution < -0.4 is 9.64 Å². The van der Waals surface area contributed by atoms with Crippen molar-refractivity contribution < 1.29 is 9.53 Å². The second-order valence-electron chi connectivity index (χ2n) is 7.50. The number of fused-ring (bicyclic) bond motifs is 1. The molecule has 1 aliphatic rings. The lowest BCUT2D eigenvalue weighted by Crippen LogP contribution is -2.39. The van der Waals surface area contributed by atoms with Crippen molar-refractivity contribution in [1.29, 1.82) is 0 Å². The Hall–Kier alpha value is -3.87. The van der Waals surface area contributed by atoms with Gasteiger partial charge in [0.1, 0.15) is 11.4 Å². The second kappa shape index (κ2) is 8.10. The third-order valence-corrected chi connectivity index (χ3v) is 5.64. The Morgan fingerprint density at radius 2 is 1.97 bits per heavy atom. The first-order chi connectivity index (χ1) is 15.2. The standard InChI is InChI=1S/C24H21N5O2/c1-31-19-4-2-3-18(13-19)23-24(27-11-10-26-23)29-12-8-17(14-22(29)30)20-6-5-16-7-9-25-15-21(16)28-20/h2-7,9-11,13,15,17H,8,12,14H2,1H3. The number of hydrogen-bond donors (Lipinski definition) is 0. The summed E-state index contributed by atoms with van der Waals surface area (Å²) < 4.78 is 5.34. The maximum Gasteiger partial charge on any atom is 0.228 e. The summed E-state index contributed by atoms with van der Waals surface area (Å²) in [4.78, 5) is 32.8. The number of hydrogen-bond acceptors (Lipinski definition) is 6. The zero-order valence-electron chi connectivity index (χ0n) is 17.1. The number of benzene rings is 1. The molecule has 7 heteroatoms. The molecule has 1 fully saturated rings. The van der Waals surface area contributed by atoms with Crippen molar-refractivity contribution in [2.45, 2.75) is 18.8 Å². The van der Waals surface area contributed by atoms with E-state index in [4.69, 9.17) is 9.72 Å². The molecule has 154 valence electrons. The van der Waals surface area contributed by atoms with E-state index in [0.29, 0.717) is 24.5 Å². The molecule has 0 radical (unpaired) electrons. The molecule has 4 heterocycles. The third-order valence-electron chi connectivity index (χ3n) is 5.64. The highest BCUT2D eigenvalue weighted by molar-refractivity contribution is 5.97. The summed E-state index contributed by atoms with van der Waals surface area (Å²) in [6.07, 6.45) is 7.96. The van der Waals surface area contributed by atoms with Gasteiger partial charge in [-0.2, -0.15) is 0 Å². The van der Waals surface area contributed by atoms with Crippen LogP contribution in [0.15, 0.2) is 67.3 Å². The van der Waals surface area contributed by atoms with Crippen LogP contribution in [0.5, 0.6) is 5.75 Å². The minimum Gasteiger partial charge on any atom is -0.497 e. The minimum absolute atomic E-state index is 0.0222. The predicted octanol–water partition coefficient (Wildman–Crippen LogP) is 4.01. The molecule has 5 rings (SSSR count). The van der Waals surface area contributed by atoms with Gasteiger partial charge in [0.15, 0.2) is 5.82 Å². The summed E-state index contributed by atoms with van der Waals surface area (Å²) in [5, 5.41) is 1.05. The van der Waals surface area contributed by atoms with E-state index in [1.807, 2.05) is 42.5 Å². The van der Waals surface area contributed by atoms with Crippen LogP contribution >= 0.6 is 0 Å². The Morgan fingerprint density at radius 1 is 1.06 bits per heavy atom. The minimum atomic E-state index is 0.0222. The molecule has 31 heavy (non-hydrogen) atoms. The van der Waals surface area contributed by atoms with E-state index in [1.165, 1.54) is 0 Å². The molecule has 0 saturated carbocycles. The van der Waals surface area contributed by atoms with Gasteiger partial charge >= 0.3 is 0 Å². The quantitative estimate of drug-likeness (QED) is 0.505. The van der Waals surface area contributed by atoms with Gasteiger partial charge in [-0.05, 0) is 30.7 Å². The summed E-state index contributed by atoms with van der Waals surface area (Å²) in [7, 11) is 1.63. The number of pyridine rings is 2. The van der Waals surface area contributed by atoms with E-state index < -0.39 is 0 Å². The topological polar surface area (TPSA) is 81.1 Å². The summed E-state index contributed by atoms with van der Waals surface area (Å²) in [6, 6.07) is 13.6. The Labute approximate surface area is 179 Å². The van der Waals surface area contributed by atoms with E-state index in [9.17, 15) is 4.79 Å². The van der Waals surface area contributed by atoms with E-state index in [-0.39, 0.29) is 11.8 Å². The highest BCUT2D eigenvalue weighted by atomic mass is 16.5. The number of piperidine rings is 1. The van der Waals surface area contributed by atoms with Crippen molar-refractivity contribution in [3.8, 4) is 17.0 Å². The van der Waals surface area contributed by atoms with Gasteiger partial charge in [-0.1, -0.05) is 18.2 Å². The summed E-state index contributed by atoms with van der Waals surface area (Å²) >= 11 is 0. The van der Waals surface area contributed by atoms with E-state index in [2.05, 4.69) is 15.0 Å². The molecular formula is C24H21N5O2. The monoisotopic (exact) mass is 411 g/mol. The molecule has 0 N–H and O–H groups in total. The van der Waals surface area contributed by atoms with Crippen LogP contribution in [0, 0.1) is 0 Å². The fourth-order valence-corrected chi connectivity index (χ4v) is 4.02. The van der Waals surface area contributed by atoms with Crippen LogP contribution in [0.3, 0.4) is 0 Å². The molecule has 0 bridgehead atoms. The van der Waals surface area contributed by atoms with Gasteiger partial charge in [0, 0.05) is 54.1 Å². The molecule has 1 atom stereocenters. The zero-order valence-corrected chi connectivity index (χ0v) is 17.1. The molecule has 1 saturated heterocycles. The van der Waals surface area contributed by atoms with Gasteiger partial charge in [0.25, 0.3) is 0 Å². The first kappa shape index (κ1) is 19.1. The molecular weight excluding hydrogens is 390 g/mol. The molecule has 4 aromatic rings. The summed E-state index contributed by atoms with van der Waals surface area (Å²) in [6.45, 7) is 0.561. The van der Waals surface area contributed by atoms with Crippen LogP contribution in [0.4, 0.5) is 5.82 Å². The van der Waals surface area contributed by atoms with E-state index >= 15 is 0 Å². The first-order valence-electron chi connectivity index (χ1n) is 10.2. The third kappa shape index (κ3) is 3.70. The Bertz CT molecular complexity index is 1260. The second-order valence-corrected chi connectivity index (χ2v) is 7.50. The number of rotatable bonds is 4. The normalized spacial score (nSPS) is 16.5.